The number of amides is 1. The van der Waals surface area contributed by atoms with Crippen molar-refractivity contribution >= 4 is 17.4 Å². The first-order chi connectivity index (χ1) is 15.4. The molecule has 32 heavy (non-hydrogen) atoms. The second-order valence-electron chi connectivity index (χ2n) is 7.88. The quantitative estimate of drug-likeness (QED) is 0.372. The van der Waals surface area contributed by atoms with Gasteiger partial charge in [0.05, 0.1) is 18.7 Å². The van der Waals surface area contributed by atoms with Crippen LogP contribution in [0, 0.1) is 13.8 Å². The molecule has 0 spiro atoms. The fourth-order valence-corrected chi connectivity index (χ4v) is 4.09. The van der Waals surface area contributed by atoms with Crippen molar-refractivity contribution in [3.8, 4) is 5.75 Å². The van der Waals surface area contributed by atoms with Crippen LogP contribution in [0.3, 0.4) is 0 Å². The molecule has 0 saturated carbocycles. The fourth-order valence-electron chi connectivity index (χ4n) is 4.09. The highest BCUT2D eigenvalue weighted by molar-refractivity contribution is 6.46. The lowest BCUT2D eigenvalue weighted by Crippen LogP contribution is -2.29. The van der Waals surface area contributed by atoms with Crippen molar-refractivity contribution < 1.29 is 19.4 Å². The van der Waals surface area contributed by atoms with Gasteiger partial charge in [0.25, 0.3) is 11.7 Å². The van der Waals surface area contributed by atoms with Gasteiger partial charge in [-0.2, -0.15) is 0 Å². The summed E-state index contributed by atoms with van der Waals surface area (Å²) in [7, 11) is 1.57. The van der Waals surface area contributed by atoms with Gasteiger partial charge >= 0.3 is 0 Å². The number of pyridine rings is 1. The Kier molecular flexibility index (Phi) is 5.77. The van der Waals surface area contributed by atoms with Gasteiger partial charge in [0.1, 0.15) is 11.5 Å². The van der Waals surface area contributed by atoms with E-state index in [1.165, 1.54) is 4.90 Å². The lowest BCUT2D eigenvalue weighted by atomic mass is 9.93. The molecule has 1 fully saturated rings. The van der Waals surface area contributed by atoms with Crippen LogP contribution in [0.25, 0.3) is 5.76 Å². The minimum absolute atomic E-state index is 0.0813. The van der Waals surface area contributed by atoms with Crippen LogP contribution in [0.5, 0.6) is 5.75 Å². The Balaban J connectivity index is 1.88. The van der Waals surface area contributed by atoms with E-state index in [-0.39, 0.29) is 17.9 Å². The van der Waals surface area contributed by atoms with Gasteiger partial charge in [-0.1, -0.05) is 35.9 Å². The number of aromatic nitrogens is 1. The van der Waals surface area contributed by atoms with Gasteiger partial charge < -0.3 is 14.7 Å². The Bertz CT molecular complexity index is 1220. The molecule has 1 amide bonds. The molecule has 2 aromatic carbocycles. The predicted molar refractivity (Wildman–Crippen MR) is 121 cm³/mol. The van der Waals surface area contributed by atoms with E-state index in [9.17, 15) is 14.7 Å². The van der Waals surface area contributed by atoms with E-state index in [0.29, 0.717) is 11.3 Å². The van der Waals surface area contributed by atoms with E-state index in [1.54, 1.807) is 43.8 Å². The molecule has 0 bridgehead atoms. The van der Waals surface area contributed by atoms with Gasteiger partial charge in [0.15, 0.2) is 0 Å². The van der Waals surface area contributed by atoms with Gasteiger partial charge in [-0.3, -0.25) is 14.6 Å². The average molecular weight is 428 g/mol. The zero-order valence-corrected chi connectivity index (χ0v) is 18.2. The highest BCUT2D eigenvalue weighted by atomic mass is 16.5. The third-order valence-electron chi connectivity index (χ3n) is 5.66. The van der Waals surface area contributed by atoms with Crippen LogP contribution >= 0.6 is 0 Å². The predicted octanol–water partition coefficient (Wildman–Crippen LogP) is 4.33. The van der Waals surface area contributed by atoms with Crippen molar-refractivity contribution in [2.45, 2.75) is 26.4 Å². The normalized spacial score (nSPS) is 17.6. The summed E-state index contributed by atoms with van der Waals surface area (Å²) in [6, 6.07) is 15.8. The lowest BCUT2D eigenvalue weighted by Gasteiger charge is -2.25. The van der Waals surface area contributed by atoms with Crippen molar-refractivity contribution in [1.82, 2.24) is 9.88 Å². The molecule has 6 heteroatoms. The second-order valence-corrected chi connectivity index (χ2v) is 7.88. The third kappa shape index (κ3) is 3.87. The molecule has 3 aromatic rings. The van der Waals surface area contributed by atoms with Crippen LogP contribution in [0.2, 0.25) is 0 Å². The average Bonchev–Trinajstić information content (AvgIpc) is 3.04. The van der Waals surface area contributed by atoms with Crippen LogP contribution in [0.1, 0.15) is 33.9 Å². The summed E-state index contributed by atoms with van der Waals surface area (Å²) in [5.41, 5.74) is 3.87. The van der Waals surface area contributed by atoms with E-state index < -0.39 is 17.7 Å². The van der Waals surface area contributed by atoms with Crippen molar-refractivity contribution in [3.63, 3.8) is 0 Å². The molecular formula is C26H24N2O4. The lowest BCUT2D eigenvalue weighted by molar-refractivity contribution is -0.140. The number of rotatable bonds is 5. The highest BCUT2D eigenvalue weighted by Crippen LogP contribution is 2.41. The number of hydrogen-bond donors (Lipinski definition) is 1. The maximum atomic E-state index is 13.2. The Labute approximate surface area is 186 Å². The molecule has 1 aliphatic heterocycles. The number of hydrogen-bond acceptors (Lipinski definition) is 5. The molecule has 0 aliphatic carbocycles. The molecule has 1 aliphatic rings. The fraction of sp³-hybridized carbons (Fsp3) is 0.192. The van der Waals surface area contributed by atoms with Crippen LogP contribution in [0.15, 0.2) is 72.6 Å². The topological polar surface area (TPSA) is 79.7 Å². The molecule has 1 unspecified atom stereocenters. The second kappa shape index (κ2) is 8.67. The van der Waals surface area contributed by atoms with Gasteiger partial charge in [-0.05, 0) is 54.8 Å². The number of aliphatic hydroxyl groups excluding tert-OH is 1. The Morgan fingerprint density at radius 1 is 1.09 bits per heavy atom. The smallest absolute Gasteiger partial charge is 0.295 e. The standard InChI is InChI=1S/C26H24N2O4/c1-16-6-4-8-19(12-16)23-22(24(29)21-10-9-20(32-3)13-17(21)2)25(30)26(31)28(23)15-18-7-5-11-27-14-18/h4-14,23,29H,15H2,1-3H3/b24-22-. The highest BCUT2D eigenvalue weighted by Gasteiger charge is 2.46. The number of ether oxygens (including phenoxy) is 1. The summed E-state index contributed by atoms with van der Waals surface area (Å²) >= 11 is 0. The van der Waals surface area contributed by atoms with Gasteiger partial charge in [0, 0.05) is 24.5 Å². The number of aliphatic hydroxyl groups is 1. The Morgan fingerprint density at radius 3 is 2.56 bits per heavy atom. The molecule has 1 aromatic heterocycles. The van der Waals surface area contributed by atoms with E-state index in [2.05, 4.69) is 4.98 Å². The number of carbonyl (C=O) groups is 2. The largest absolute Gasteiger partial charge is 0.507 e. The summed E-state index contributed by atoms with van der Waals surface area (Å²) in [6.45, 7) is 3.98. The summed E-state index contributed by atoms with van der Waals surface area (Å²) in [5.74, 6) is -0.892. The minimum atomic E-state index is -0.711. The number of carbonyl (C=O) groups excluding carboxylic acids is 2. The number of likely N-dealkylation sites (tertiary alicyclic amines) is 1. The van der Waals surface area contributed by atoms with E-state index in [4.69, 9.17) is 4.74 Å². The Hall–Kier alpha value is -3.93. The number of nitrogens with zero attached hydrogens (tertiary/aromatic N) is 2. The summed E-state index contributed by atoms with van der Waals surface area (Å²) in [4.78, 5) is 31.9. The summed E-state index contributed by atoms with van der Waals surface area (Å²) < 4.78 is 5.25. The van der Waals surface area contributed by atoms with Crippen molar-refractivity contribution in [2.24, 2.45) is 0 Å². The summed E-state index contributed by atoms with van der Waals surface area (Å²) in [6.07, 6.45) is 3.32. The molecule has 1 saturated heterocycles. The van der Waals surface area contributed by atoms with Gasteiger partial charge in [-0.25, -0.2) is 0 Å². The van der Waals surface area contributed by atoms with E-state index in [0.717, 1.165) is 22.3 Å². The van der Waals surface area contributed by atoms with Crippen LogP contribution in [-0.4, -0.2) is 33.8 Å². The van der Waals surface area contributed by atoms with Crippen molar-refractivity contribution in [1.29, 1.82) is 0 Å². The van der Waals surface area contributed by atoms with Crippen LogP contribution in [-0.2, 0) is 16.1 Å². The SMILES string of the molecule is COc1ccc(/C(O)=C2/C(=O)C(=O)N(Cc3cccnc3)C2c2cccc(C)c2)c(C)c1. The maximum absolute atomic E-state index is 13.2. The molecule has 6 nitrogen and oxygen atoms in total. The number of methoxy groups -OCH3 is 1. The molecule has 1 atom stereocenters. The van der Waals surface area contributed by atoms with Gasteiger partial charge in [0.2, 0.25) is 0 Å². The van der Waals surface area contributed by atoms with Crippen molar-refractivity contribution in [3.05, 3.63) is 100 Å². The maximum Gasteiger partial charge on any atom is 0.295 e. The first-order valence-corrected chi connectivity index (χ1v) is 10.3. The molecule has 1 N–H and O–H groups in total. The number of aryl methyl sites for hydroxylation is 2. The number of Topliss-reactive ketones (excluding diaryl/α,β-unsaturated/α-hetero) is 1. The number of benzene rings is 2. The third-order valence-corrected chi connectivity index (χ3v) is 5.66. The molecule has 0 radical (unpaired) electrons. The number of ketones is 1. The Morgan fingerprint density at radius 2 is 1.91 bits per heavy atom. The zero-order chi connectivity index (χ0) is 22.8. The molecule has 4 rings (SSSR count). The monoisotopic (exact) mass is 428 g/mol. The van der Waals surface area contributed by atoms with Crippen LogP contribution < -0.4 is 4.74 Å². The first kappa shape index (κ1) is 21.3. The van der Waals surface area contributed by atoms with E-state index >= 15 is 0 Å². The molecule has 2 heterocycles. The molecular weight excluding hydrogens is 404 g/mol. The summed E-state index contributed by atoms with van der Waals surface area (Å²) in [5, 5.41) is 11.3. The van der Waals surface area contributed by atoms with Gasteiger partial charge in [-0.15, -0.1) is 0 Å². The zero-order valence-electron chi connectivity index (χ0n) is 18.2. The van der Waals surface area contributed by atoms with Crippen LogP contribution in [0.4, 0.5) is 0 Å². The minimum Gasteiger partial charge on any atom is -0.507 e. The molecule has 162 valence electrons. The van der Waals surface area contributed by atoms with E-state index in [1.807, 2.05) is 44.2 Å². The van der Waals surface area contributed by atoms with Crippen molar-refractivity contribution in [2.75, 3.05) is 7.11 Å². The first-order valence-electron chi connectivity index (χ1n) is 10.3.